The fourth-order valence-corrected chi connectivity index (χ4v) is 2.95. The van der Waals surface area contributed by atoms with Crippen molar-refractivity contribution in [3.63, 3.8) is 0 Å². The van der Waals surface area contributed by atoms with Crippen molar-refractivity contribution in [1.29, 1.82) is 0 Å². The maximum absolute atomic E-state index is 5.42. The third kappa shape index (κ3) is 3.42. The summed E-state index contributed by atoms with van der Waals surface area (Å²) in [6.07, 6.45) is 0. The molecule has 0 amide bonds. The molecule has 0 aliphatic carbocycles. The highest BCUT2D eigenvalue weighted by Crippen LogP contribution is 2.37. The van der Waals surface area contributed by atoms with Gasteiger partial charge in [-0.2, -0.15) is 0 Å². The molecule has 1 heterocycles. The van der Waals surface area contributed by atoms with Crippen molar-refractivity contribution in [2.45, 2.75) is 19.5 Å². The summed E-state index contributed by atoms with van der Waals surface area (Å²) in [6.45, 7) is 3.21. The van der Waals surface area contributed by atoms with Gasteiger partial charge in [-0.15, -0.1) is 0 Å². The summed E-state index contributed by atoms with van der Waals surface area (Å²) in [5.41, 5.74) is 2.42. The molecule has 0 bridgehead atoms. The number of halogens is 2. The molecule has 0 fully saturated rings. The largest absolute Gasteiger partial charge is 0.454 e. The topological polar surface area (TPSA) is 30.5 Å². The van der Waals surface area contributed by atoms with Crippen LogP contribution in [-0.4, -0.2) is 6.79 Å². The van der Waals surface area contributed by atoms with Crippen LogP contribution >= 0.6 is 31.9 Å². The Morgan fingerprint density at radius 3 is 2.48 bits per heavy atom. The van der Waals surface area contributed by atoms with Crippen LogP contribution in [0.2, 0.25) is 0 Å². The first-order valence-electron chi connectivity index (χ1n) is 6.70. The number of benzene rings is 2. The van der Waals surface area contributed by atoms with Gasteiger partial charge >= 0.3 is 0 Å². The molecule has 2 aromatic rings. The molecule has 2 aromatic carbocycles. The minimum Gasteiger partial charge on any atom is -0.454 e. The SMILES string of the molecule is C[C@H](NCc1cc2c(cc1Br)OCO2)c1ccc(Br)cc1. The van der Waals surface area contributed by atoms with E-state index in [4.69, 9.17) is 9.47 Å². The standard InChI is InChI=1S/C16H15Br2NO2/c1-10(11-2-4-13(17)5-3-11)19-8-12-6-15-16(7-14(12)18)21-9-20-15/h2-7,10,19H,8-9H2,1H3/t10-/m0/s1. The highest BCUT2D eigenvalue weighted by atomic mass is 79.9. The fraction of sp³-hybridized carbons (Fsp3) is 0.250. The van der Waals surface area contributed by atoms with Gasteiger partial charge in [0.1, 0.15) is 0 Å². The van der Waals surface area contributed by atoms with E-state index in [9.17, 15) is 0 Å². The lowest BCUT2D eigenvalue weighted by atomic mass is 10.1. The second-order valence-electron chi connectivity index (χ2n) is 4.95. The van der Waals surface area contributed by atoms with Gasteiger partial charge in [-0.05, 0) is 42.3 Å². The fourth-order valence-electron chi connectivity index (χ4n) is 2.23. The first-order valence-corrected chi connectivity index (χ1v) is 8.29. The molecule has 110 valence electrons. The third-order valence-corrected chi connectivity index (χ3v) is 4.78. The van der Waals surface area contributed by atoms with Gasteiger partial charge in [0.05, 0.1) is 0 Å². The van der Waals surface area contributed by atoms with Crippen LogP contribution in [0.25, 0.3) is 0 Å². The zero-order chi connectivity index (χ0) is 14.8. The first-order chi connectivity index (χ1) is 10.1. The van der Waals surface area contributed by atoms with Gasteiger partial charge in [-0.1, -0.05) is 44.0 Å². The molecule has 1 aliphatic heterocycles. The summed E-state index contributed by atoms with van der Waals surface area (Å²) in [5.74, 6) is 1.61. The quantitative estimate of drug-likeness (QED) is 0.782. The van der Waals surface area contributed by atoms with Gasteiger partial charge < -0.3 is 14.8 Å². The first kappa shape index (κ1) is 14.9. The highest BCUT2D eigenvalue weighted by molar-refractivity contribution is 9.10. The molecule has 1 atom stereocenters. The van der Waals surface area contributed by atoms with E-state index < -0.39 is 0 Å². The van der Waals surface area contributed by atoms with E-state index in [1.165, 1.54) is 5.56 Å². The van der Waals surface area contributed by atoms with E-state index in [1.54, 1.807) is 0 Å². The Morgan fingerprint density at radius 1 is 1.10 bits per heavy atom. The molecular weight excluding hydrogens is 398 g/mol. The van der Waals surface area contributed by atoms with Crippen LogP contribution < -0.4 is 14.8 Å². The van der Waals surface area contributed by atoms with Crippen molar-refractivity contribution in [3.05, 3.63) is 56.5 Å². The van der Waals surface area contributed by atoms with Gasteiger partial charge in [-0.25, -0.2) is 0 Å². The van der Waals surface area contributed by atoms with E-state index in [-0.39, 0.29) is 6.04 Å². The zero-order valence-electron chi connectivity index (χ0n) is 11.5. The molecule has 3 rings (SSSR count). The molecule has 5 heteroatoms. The average Bonchev–Trinajstić information content (AvgIpc) is 2.92. The van der Waals surface area contributed by atoms with Crippen LogP contribution in [0.5, 0.6) is 11.5 Å². The predicted octanol–water partition coefficient (Wildman–Crippen LogP) is 4.79. The van der Waals surface area contributed by atoms with Gasteiger partial charge in [0.25, 0.3) is 0 Å². The summed E-state index contributed by atoms with van der Waals surface area (Å²) in [5, 5.41) is 3.52. The average molecular weight is 413 g/mol. The molecular formula is C16H15Br2NO2. The molecule has 21 heavy (non-hydrogen) atoms. The van der Waals surface area contributed by atoms with Crippen LogP contribution in [0, 0.1) is 0 Å². The second-order valence-corrected chi connectivity index (χ2v) is 6.72. The number of rotatable bonds is 4. The van der Waals surface area contributed by atoms with E-state index >= 15 is 0 Å². The Morgan fingerprint density at radius 2 is 1.76 bits per heavy atom. The molecule has 0 aromatic heterocycles. The van der Waals surface area contributed by atoms with E-state index in [0.717, 1.165) is 32.6 Å². The van der Waals surface area contributed by atoms with E-state index in [2.05, 4.69) is 68.4 Å². The Kier molecular flexibility index (Phi) is 4.52. The molecule has 1 N–H and O–H groups in total. The van der Waals surface area contributed by atoms with E-state index in [1.807, 2.05) is 12.1 Å². The molecule has 0 radical (unpaired) electrons. The van der Waals surface area contributed by atoms with Crippen molar-refractivity contribution in [3.8, 4) is 11.5 Å². The zero-order valence-corrected chi connectivity index (χ0v) is 14.7. The number of hydrogen-bond acceptors (Lipinski definition) is 3. The Labute approximate surface area is 140 Å². The summed E-state index contributed by atoms with van der Waals surface area (Å²) in [4.78, 5) is 0. The lowest BCUT2D eigenvalue weighted by molar-refractivity contribution is 0.174. The second kappa shape index (κ2) is 6.38. The van der Waals surface area contributed by atoms with Crippen molar-refractivity contribution < 1.29 is 9.47 Å². The lowest BCUT2D eigenvalue weighted by Gasteiger charge is -2.15. The third-order valence-electron chi connectivity index (χ3n) is 3.51. The summed E-state index contributed by atoms with van der Waals surface area (Å²) in [7, 11) is 0. The number of fused-ring (bicyclic) bond motifs is 1. The molecule has 0 spiro atoms. The minimum atomic E-state index is 0.274. The molecule has 0 unspecified atom stereocenters. The van der Waals surface area contributed by atoms with Crippen LogP contribution in [-0.2, 0) is 6.54 Å². The van der Waals surface area contributed by atoms with Gasteiger partial charge in [0.15, 0.2) is 11.5 Å². The maximum atomic E-state index is 5.42. The predicted molar refractivity (Wildman–Crippen MR) is 89.7 cm³/mol. The molecule has 1 aliphatic rings. The smallest absolute Gasteiger partial charge is 0.231 e. The summed E-state index contributed by atoms with van der Waals surface area (Å²) < 4.78 is 12.9. The highest BCUT2D eigenvalue weighted by Gasteiger charge is 2.16. The van der Waals surface area contributed by atoms with Crippen molar-refractivity contribution >= 4 is 31.9 Å². The summed E-state index contributed by atoms with van der Waals surface area (Å²) >= 11 is 7.04. The van der Waals surface area contributed by atoms with Crippen LogP contribution in [0.15, 0.2) is 45.3 Å². The maximum Gasteiger partial charge on any atom is 0.231 e. The summed E-state index contributed by atoms with van der Waals surface area (Å²) in [6, 6.07) is 12.6. The Balaban J connectivity index is 1.68. The molecule has 3 nitrogen and oxygen atoms in total. The van der Waals surface area contributed by atoms with Gasteiger partial charge in [0, 0.05) is 21.5 Å². The van der Waals surface area contributed by atoms with Crippen molar-refractivity contribution in [2.24, 2.45) is 0 Å². The molecule has 0 saturated carbocycles. The Hall–Kier alpha value is -1.04. The Bertz CT molecular complexity index is 643. The van der Waals surface area contributed by atoms with Gasteiger partial charge in [0.2, 0.25) is 6.79 Å². The van der Waals surface area contributed by atoms with Crippen LogP contribution in [0.3, 0.4) is 0 Å². The van der Waals surface area contributed by atoms with Crippen molar-refractivity contribution in [2.75, 3.05) is 6.79 Å². The van der Waals surface area contributed by atoms with E-state index in [0.29, 0.717) is 6.79 Å². The number of hydrogen-bond donors (Lipinski definition) is 1. The lowest BCUT2D eigenvalue weighted by Crippen LogP contribution is -2.18. The van der Waals surface area contributed by atoms with Gasteiger partial charge in [-0.3, -0.25) is 0 Å². The number of nitrogens with one attached hydrogen (secondary N) is 1. The normalized spacial score (nSPS) is 14.2. The monoisotopic (exact) mass is 411 g/mol. The minimum absolute atomic E-state index is 0.274. The van der Waals surface area contributed by atoms with Crippen LogP contribution in [0.4, 0.5) is 0 Å². The van der Waals surface area contributed by atoms with Crippen molar-refractivity contribution in [1.82, 2.24) is 5.32 Å². The number of ether oxygens (including phenoxy) is 2. The molecule has 0 saturated heterocycles. The van der Waals surface area contributed by atoms with Crippen LogP contribution in [0.1, 0.15) is 24.1 Å².